The normalized spacial score (nSPS) is 19.3. The van der Waals surface area contributed by atoms with Crippen molar-refractivity contribution in [2.24, 2.45) is 0 Å². The van der Waals surface area contributed by atoms with E-state index >= 15 is 0 Å². The minimum Gasteiger partial charge on any atom is -0.478 e. The van der Waals surface area contributed by atoms with Crippen molar-refractivity contribution in [1.29, 1.82) is 0 Å². The second-order valence-corrected chi connectivity index (χ2v) is 17.7. The molecule has 0 spiro atoms. The molecule has 0 aliphatic carbocycles. The first-order valence-electron chi connectivity index (χ1n) is 13.1. The van der Waals surface area contributed by atoms with E-state index in [4.69, 9.17) is 20.8 Å². The minimum atomic E-state index is -2.25. The molecule has 9 heteroatoms. The monoisotopic (exact) mass is 560 g/mol. The first-order valence-corrected chi connectivity index (χ1v) is 16.4. The van der Waals surface area contributed by atoms with Crippen molar-refractivity contribution in [1.82, 2.24) is 9.88 Å². The van der Waals surface area contributed by atoms with Crippen LogP contribution < -0.4 is 0 Å². The average molecular weight is 561 g/mol. The van der Waals surface area contributed by atoms with Crippen LogP contribution in [-0.4, -0.2) is 53.1 Å². The molecule has 1 aliphatic heterocycles. The molecule has 0 saturated carbocycles. The van der Waals surface area contributed by atoms with Gasteiger partial charge < -0.3 is 14.3 Å². The topological polar surface area (TPSA) is 89.0 Å². The molecule has 0 radical (unpaired) electrons. The average Bonchev–Trinajstić information content (AvgIpc) is 3.20. The molecule has 38 heavy (non-hydrogen) atoms. The number of carboxylic acid groups (broad SMARTS) is 1. The zero-order valence-corrected chi connectivity index (χ0v) is 25.5. The quantitative estimate of drug-likeness (QED) is 0.278. The van der Waals surface area contributed by atoms with E-state index in [9.17, 15) is 14.7 Å². The molecule has 1 aromatic heterocycles. The lowest BCUT2D eigenvalue weighted by Crippen LogP contribution is -2.50. The Hall–Kier alpha value is -2.42. The highest BCUT2D eigenvalue weighted by Crippen LogP contribution is 2.44. The number of pyridine rings is 1. The van der Waals surface area contributed by atoms with Crippen molar-refractivity contribution in [2.45, 2.75) is 103 Å². The number of carboxylic acids is 1. The van der Waals surface area contributed by atoms with Gasteiger partial charge in [-0.15, -0.1) is 0 Å². The lowest BCUT2D eigenvalue weighted by Gasteiger charge is -2.43. The lowest BCUT2D eigenvalue weighted by atomic mass is 10.0. The van der Waals surface area contributed by atoms with Crippen molar-refractivity contribution in [2.75, 3.05) is 0 Å². The number of halogens is 1. The van der Waals surface area contributed by atoms with Gasteiger partial charge in [-0.05, 0) is 81.9 Å². The molecule has 1 fully saturated rings. The molecule has 2 heterocycles. The van der Waals surface area contributed by atoms with Crippen LogP contribution in [0.1, 0.15) is 82.0 Å². The molecule has 1 aliphatic rings. The third-order valence-electron chi connectivity index (χ3n) is 7.48. The number of benzene rings is 1. The third-order valence-corrected chi connectivity index (χ3v) is 12.2. The van der Waals surface area contributed by atoms with Crippen LogP contribution in [0.2, 0.25) is 23.3 Å². The molecule has 7 nitrogen and oxygen atoms in total. The Morgan fingerprint density at radius 1 is 1.08 bits per heavy atom. The summed E-state index contributed by atoms with van der Waals surface area (Å²) in [5.41, 5.74) is 1.42. The predicted molar refractivity (Wildman–Crippen MR) is 152 cm³/mol. The van der Waals surface area contributed by atoms with Crippen molar-refractivity contribution in [3.63, 3.8) is 0 Å². The number of hydrogen-bond acceptors (Lipinski definition) is 5. The van der Waals surface area contributed by atoms with Gasteiger partial charge in [0, 0.05) is 17.8 Å². The van der Waals surface area contributed by atoms with E-state index in [1.165, 1.54) is 0 Å². The highest BCUT2D eigenvalue weighted by Gasteiger charge is 2.47. The van der Waals surface area contributed by atoms with Crippen LogP contribution in [0.15, 0.2) is 42.6 Å². The van der Waals surface area contributed by atoms with Crippen molar-refractivity contribution < 1.29 is 23.9 Å². The SMILES string of the molecule is CC(C)(C)OC(=O)N1C(Cc2ccc(C(=O)O)cc2)CCC1C(O[Si](C)(C)C(C)(C)C)c1ccc(Cl)nc1. The Morgan fingerprint density at radius 3 is 2.21 bits per heavy atom. The van der Waals surface area contributed by atoms with E-state index in [0.717, 1.165) is 24.0 Å². The number of rotatable bonds is 7. The number of ether oxygens (including phenoxy) is 1. The summed E-state index contributed by atoms with van der Waals surface area (Å²) >= 11 is 6.11. The highest BCUT2D eigenvalue weighted by molar-refractivity contribution is 6.74. The maximum Gasteiger partial charge on any atom is 0.410 e. The molecule has 208 valence electrons. The first kappa shape index (κ1) is 30.1. The Balaban J connectivity index is 2.01. The number of carbonyl (C=O) groups is 2. The minimum absolute atomic E-state index is 0.0360. The second kappa shape index (κ2) is 11.4. The number of aromatic carboxylic acids is 1. The zero-order valence-electron chi connectivity index (χ0n) is 23.7. The summed E-state index contributed by atoms with van der Waals surface area (Å²) < 4.78 is 12.9. The molecule has 1 N–H and O–H groups in total. The van der Waals surface area contributed by atoms with E-state index in [0.29, 0.717) is 11.6 Å². The molecule has 1 amide bonds. The van der Waals surface area contributed by atoms with Gasteiger partial charge in [-0.2, -0.15) is 0 Å². The summed E-state index contributed by atoms with van der Waals surface area (Å²) in [5.74, 6) is -0.963. The largest absolute Gasteiger partial charge is 0.478 e. The summed E-state index contributed by atoms with van der Waals surface area (Å²) in [5, 5.41) is 9.63. The summed E-state index contributed by atoms with van der Waals surface area (Å²) in [7, 11) is -2.25. The molecule has 3 rings (SSSR count). The molecule has 0 bridgehead atoms. The summed E-state index contributed by atoms with van der Waals surface area (Å²) in [4.78, 5) is 31.2. The van der Waals surface area contributed by atoms with Gasteiger partial charge in [0.15, 0.2) is 8.32 Å². The van der Waals surface area contributed by atoms with Crippen LogP contribution in [0.3, 0.4) is 0 Å². The number of amides is 1. The maximum atomic E-state index is 13.7. The van der Waals surface area contributed by atoms with Gasteiger partial charge in [0.1, 0.15) is 10.8 Å². The summed E-state index contributed by atoms with van der Waals surface area (Å²) in [6, 6.07) is 10.1. The number of aromatic nitrogens is 1. The third kappa shape index (κ3) is 7.36. The molecule has 1 aromatic carbocycles. The Labute approximate surface area is 232 Å². The zero-order chi connectivity index (χ0) is 28.5. The molecule has 2 aromatic rings. The Morgan fingerprint density at radius 2 is 1.71 bits per heavy atom. The van der Waals surface area contributed by atoms with Crippen molar-refractivity contribution >= 4 is 32.0 Å². The number of nitrogens with zero attached hydrogens (tertiary/aromatic N) is 2. The predicted octanol–water partition coefficient (Wildman–Crippen LogP) is 7.51. The van der Waals surface area contributed by atoms with Crippen LogP contribution in [0, 0.1) is 0 Å². The summed E-state index contributed by atoms with van der Waals surface area (Å²) in [6.07, 6.45) is 3.06. The van der Waals surface area contributed by atoms with Gasteiger partial charge in [0.05, 0.1) is 17.7 Å². The van der Waals surface area contributed by atoms with Crippen LogP contribution in [-0.2, 0) is 15.6 Å². The maximum absolute atomic E-state index is 13.7. The fourth-order valence-electron chi connectivity index (χ4n) is 4.48. The van der Waals surface area contributed by atoms with Crippen molar-refractivity contribution in [3.8, 4) is 0 Å². The molecule has 3 atom stereocenters. The second-order valence-electron chi connectivity index (χ2n) is 12.6. The molecule has 3 unspecified atom stereocenters. The van der Waals surface area contributed by atoms with Gasteiger partial charge in [-0.25, -0.2) is 14.6 Å². The Bertz CT molecular complexity index is 1120. The molecular weight excluding hydrogens is 520 g/mol. The van der Waals surface area contributed by atoms with Gasteiger partial charge in [0.2, 0.25) is 0 Å². The standard InChI is InChI=1S/C29H41ClN2O5Si/c1-28(2,3)36-27(35)32-22(17-19-9-11-20(12-10-19)26(33)34)14-15-23(32)25(21-13-16-24(30)31-18-21)37-38(7,8)29(4,5)6/h9-13,16,18,22-23,25H,14-15,17H2,1-8H3,(H,33,34). The van der Waals surface area contributed by atoms with E-state index in [-0.39, 0.29) is 28.8 Å². The fourth-order valence-corrected chi connectivity index (χ4v) is 5.88. The highest BCUT2D eigenvalue weighted by atomic mass is 35.5. The van der Waals surface area contributed by atoms with E-state index in [2.05, 4.69) is 38.8 Å². The van der Waals surface area contributed by atoms with E-state index in [1.54, 1.807) is 24.4 Å². The van der Waals surface area contributed by atoms with Gasteiger partial charge in [-0.3, -0.25) is 4.90 Å². The van der Waals surface area contributed by atoms with Crippen LogP contribution in [0.5, 0.6) is 0 Å². The lowest BCUT2D eigenvalue weighted by molar-refractivity contribution is -0.00244. The smallest absolute Gasteiger partial charge is 0.410 e. The van der Waals surface area contributed by atoms with Crippen LogP contribution in [0.25, 0.3) is 0 Å². The molecule has 1 saturated heterocycles. The fraction of sp³-hybridized carbons (Fsp3) is 0.552. The van der Waals surface area contributed by atoms with E-state index in [1.807, 2.05) is 43.9 Å². The first-order chi connectivity index (χ1) is 17.5. The van der Waals surface area contributed by atoms with Gasteiger partial charge >= 0.3 is 12.1 Å². The van der Waals surface area contributed by atoms with Crippen LogP contribution in [0.4, 0.5) is 4.79 Å². The van der Waals surface area contributed by atoms with Gasteiger partial charge in [-0.1, -0.05) is 50.6 Å². The molecular formula is C29H41ClN2O5Si. The number of hydrogen-bond donors (Lipinski definition) is 1. The number of likely N-dealkylation sites (tertiary alicyclic amines) is 1. The van der Waals surface area contributed by atoms with Crippen molar-refractivity contribution in [3.05, 3.63) is 64.4 Å². The Kier molecular flexibility index (Phi) is 9.01. The number of carbonyl (C=O) groups excluding carboxylic acids is 1. The van der Waals surface area contributed by atoms with Gasteiger partial charge in [0.25, 0.3) is 0 Å². The van der Waals surface area contributed by atoms with E-state index < -0.39 is 26.0 Å². The van der Waals surface area contributed by atoms with Crippen LogP contribution >= 0.6 is 11.6 Å². The summed E-state index contributed by atoms with van der Waals surface area (Å²) in [6.45, 7) is 16.6.